The van der Waals surface area contributed by atoms with Crippen molar-refractivity contribution in [2.45, 2.75) is 4.90 Å². The first-order chi connectivity index (χ1) is 7.54. The number of carbonyl (C=O) groups excluding carboxylic acids is 1. The van der Waals surface area contributed by atoms with Crippen LogP contribution in [0.2, 0.25) is 0 Å². The molecule has 0 spiro atoms. The third kappa shape index (κ3) is 3.53. The van der Waals surface area contributed by atoms with Crippen LogP contribution in [0.15, 0.2) is 27.6 Å². The molecular formula is C10H9BrO4S. The maximum Gasteiger partial charge on any atom is 0.336 e. The third-order valence-electron chi connectivity index (χ3n) is 1.75. The van der Waals surface area contributed by atoms with Gasteiger partial charge < -0.3 is 9.84 Å². The minimum absolute atomic E-state index is 0.0905. The summed E-state index contributed by atoms with van der Waals surface area (Å²) in [6.07, 6.45) is 0. The SMILES string of the molecule is COC(=O)CSc1cc(Br)ccc1C(=O)O. The molecule has 1 aromatic carbocycles. The fourth-order valence-corrected chi connectivity index (χ4v) is 2.41. The summed E-state index contributed by atoms with van der Waals surface area (Å²) in [5.41, 5.74) is 0.178. The summed E-state index contributed by atoms with van der Waals surface area (Å²) in [4.78, 5) is 22.4. The van der Waals surface area contributed by atoms with Crippen LogP contribution in [0.4, 0.5) is 0 Å². The molecular weight excluding hydrogens is 296 g/mol. The molecule has 0 aromatic heterocycles. The third-order valence-corrected chi connectivity index (χ3v) is 3.27. The highest BCUT2D eigenvalue weighted by Crippen LogP contribution is 2.26. The molecule has 0 aliphatic carbocycles. The van der Waals surface area contributed by atoms with E-state index >= 15 is 0 Å². The maximum atomic E-state index is 10.9. The van der Waals surface area contributed by atoms with Gasteiger partial charge in [0.1, 0.15) is 0 Å². The summed E-state index contributed by atoms with van der Waals surface area (Å²) < 4.78 is 5.25. The number of rotatable bonds is 4. The number of carboxylic acid groups (broad SMARTS) is 1. The monoisotopic (exact) mass is 304 g/mol. The Morgan fingerprint density at radius 3 is 2.75 bits per heavy atom. The van der Waals surface area contributed by atoms with Crippen molar-refractivity contribution in [3.63, 3.8) is 0 Å². The zero-order valence-electron chi connectivity index (χ0n) is 8.40. The van der Waals surface area contributed by atoms with Gasteiger partial charge in [0.15, 0.2) is 0 Å². The lowest BCUT2D eigenvalue weighted by molar-refractivity contribution is -0.137. The van der Waals surface area contributed by atoms with Crippen molar-refractivity contribution in [1.82, 2.24) is 0 Å². The summed E-state index contributed by atoms with van der Waals surface area (Å²) >= 11 is 4.38. The van der Waals surface area contributed by atoms with Gasteiger partial charge in [-0.2, -0.15) is 0 Å². The van der Waals surface area contributed by atoms with E-state index in [0.717, 1.165) is 16.2 Å². The Labute approximate surface area is 105 Å². The van der Waals surface area contributed by atoms with Gasteiger partial charge in [0.25, 0.3) is 0 Å². The van der Waals surface area contributed by atoms with E-state index in [1.54, 1.807) is 12.1 Å². The molecule has 86 valence electrons. The fourth-order valence-electron chi connectivity index (χ4n) is 0.988. The van der Waals surface area contributed by atoms with Crippen LogP contribution >= 0.6 is 27.7 Å². The lowest BCUT2D eigenvalue weighted by Crippen LogP contribution is -2.05. The summed E-state index contributed by atoms with van der Waals surface area (Å²) in [5.74, 6) is -1.31. The van der Waals surface area contributed by atoms with Crippen LogP contribution in [0.1, 0.15) is 10.4 Å². The molecule has 0 saturated carbocycles. The molecule has 0 atom stereocenters. The van der Waals surface area contributed by atoms with Crippen molar-refractivity contribution in [3.8, 4) is 0 Å². The number of hydrogen-bond acceptors (Lipinski definition) is 4. The standard InChI is InChI=1S/C10H9BrO4S/c1-15-9(12)5-16-8-4-6(11)2-3-7(8)10(13)14/h2-4H,5H2,1H3,(H,13,14). The average molecular weight is 305 g/mol. The minimum atomic E-state index is -1.01. The van der Waals surface area contributed by atoms with Crippen LogP contribution in [0, 0.1) is 0 Å². The zero-order valence-corrected chi connectivity index (χ0v) is 10.8. The molecule has 1 N–H and O–H groups in total. The number of hydrogen-bond donors (Lipinski definition) is 1. The zero-order chi connectivity index (χ0) is 12.1. The van der Waals surface area contributed by atoms with Gasteiger partial charge in [-0.3, -0.25) is 4.79 Å². The van der Waals surface area contributed by atoms with Gasteiger partial charge in [-0.1, -0.05) is 15.9 Å². The van der Waals surface area contributed by atoms with Gasteiger partial charge in [0.2, 0.25) is 0 Å². The summed E-state index contributed by atoms with van der Waals surface area (Å²) in [6, 6.07) is 4.80. The van der Waals surface area contributed by atoms with Crippen molar-refractivity contribution in [1.29, 1.82) is 0 Å². The highest BCUT2D eigenvalue weighted by molar-refractivity contribution is 9.10. The van der Waals surface area contributed by atoms with Crippen LogP contribution in [0.25, 0.3) is 0 Å². The smallest absolute Gasteiger partial charge is 0.336 e. The number of benzene rings is 1. The quantitative estimate of drug-likeness (QED) is 0.683. The summed E-state index contributed by atoms with van der Waals surface area (Å²) in [6.45, 7) is 0. The number of carbonyl (C=O) groups is 2. The number of halogens is 1. The number of ether oxygens (including phenoxy) is 1. The van der Waals surface area contributed by atoms with Crippen LogP contribution in [-0.4, -0.2) is 29.9 Å². The van der Waals surface area contributed by atoms with E-state index in [9.17, 15) is 9.59 Å². The van der Waals surface area contributed by atoms with Gasteiger partial charge in [-0.25, -0.2) is 4.79 Å². The largest absolute Gasteiger partial charge is 0.478 e. The van der Waals surface area contributed by atoms with E-state index in [0.29, 0.717) is 4.90 Å². The highest BCUT2D eigenvalue weighted by atomic mass is 79.9. The predicted octanol–water partition coefficient (Wildman–Crippen LogP) is 2.41. The van der Waals surface area contributed by atoms with Crippen LogP contribution < -0.4 is 0 Å². The van der Waals surface area contributed by atoms with Crippen LogP contribution in [0.3, 0.4) is 0 Å². The van der Waals surface area contributed by atoms with Gasteiger partial charge in [0, 0.05) is 9.37 Å². The molecule has 6 heteroatoms. The minimum Gasteiger partial charge on any atom is -0.478 e. The number of aromatic carboxylic acids is 1. The number of methoxy groups -OCH3 is 1. The Morgan fingerprint density at radius 1 is 1.50 bits per heavy atom. The van der Waals surface area contributed by atoms with E-state index < -0.39 is 5.97 Å². The van der Waals surface area contributed by atoms with E-state index in [1.807, 2.05) is 0 Å². The molecule has 1 aromatic rings. The molecule has 4 nitrogen and oxygen atoms in total. The van der Waals surface area contributed by atoms with Crippen LogP contribution in [0.5, 0.6) is 0 Å². The predicted molar refractivity (Wildman–Crippen MR) is 63.8 cm³/mol. The molecule has 0 fully saturated rings. The molecule has 0 unspecified atom stereocenters. The molecule has 0 bridgehead atoms. The molecule has 0 amide bonds. The van der Waals surface area contributed by atoms with Gasteiger partial charge in [-0.05, 0) is 18.2 Å². The Hall–Kier alpha value is -1.01. The maximum absolute atomic E-state index is 10.9. The first-order valence-electron chi connectivity index (χ1n) is 4.27. The molecule has 0 aliphatic heterocycles. The molecule has 0 radical (unpaired) electrons. The van der Waals surface area contributed by atoms with Gasteiger partial charge in [-0.15, -0.1) is 11.8 Å². The fraction of sp³-hybridized carbons (Fsp3) is 0.200. The van der Waals surface area contributed by atoms with Crippen LogP contribution in [-0.2, 0) is 9.53 Å². The van der Waals surface area contributed by atoms with E-state index in [4.69, 9.17) is 5.11 Å². The van der Waals surface area contributed by atoms with Gasteiger partial charge >= 0.3 is 11.9 Å². The highest BCUT2D eigenvalue weighted by Gasteiger charge is 2.12. The summed E-state index contributed by atoms with van der Waals surface area (Å²) in [5, 5.41) is 8.93. The van der Waals surface area contributed by atoms with Crippen molar-refractivity contribution in [2.75, 3.05) is 12.9 Å². The number of carboxylic acids is 1. The van der Waals surface area contributed by atoms with Crippen molar-refractivity contribution in [2.24, 2.45) is 0 Å². The van der Waals surface area contributed by atoms with Crippen molar-refractivity contribution in [3.05, 3.63) is 28.2 Å². The molecule has 16 heavy (non-hydrogen) atoms. The molecule has 0 saturated heterocycles. The first kappa shape index (κ1) is 13.1. The van der Waals surface area contributed by atoms with Crippen molar-refractivity contribution < 1.29 is 19.4 Å². The lowest BCUT2D eigenvalue weighted by atomic mass is 10.2. The molecule has 1 rings (SSSR count). The van der Waals surface area contributed by atoms with E-state index in [1.165, 1.54) is 13.2 Å². The van der Waals surface area contributed by atoms with E-state index in [2.05, 4.69) is 20.7 Å². The molecule has 0 aliphatic rings. The second kappa shape index (κ2) is 5.91. The second-order valence-corrected chi connectivity index (χ2v) is 4.74. The Balaban J connectivity index is 2.88. The average Bonchev–Trinajstić information content (AvgIpc) is 2.25. The summed E-state index contributed by atoms with van der Waals surface area (Å²) in [7, 11) is 1.29. The normalized spacial score (nSPS) is 9.88. The molecule has 0 heterocycles. The van der Waals surface area contributed by atoms with Gasteiger partial charge in [0.05, 0.1) is 18.4 Å². The Morgan fingerprint density at radius 2 is 2.19 bits per heavy atom. The second-order valence-electron chi connectivity index (χ2n) is 2.81. The van der Waals surface area contributed by atoms with E-state index in [-0.39, 0.29) is 17.3 Å². The number of thioether (sulfide) groups is 1. The Bertz CT molecular complexity index is 419. The topological polar surface area (TPSA) is 63.6 Å². The lowest BCUT2D eigenvalue weighted by Gasteiger charge is -2.05. The van der Waals surface area contributed by atoms with Crippen molar-refractivity contribution >= 4 is 39.6 Å². The first-order valence-corrected chi connectivity index (χ1v) is 6.05. The Kier molecular flexibility index (Phi) is 4.82. The number of esters is 1.